The number of pyridine rings is 1. The molecule has 1 aromatic heterocycles. The monoisotopic (exact) mass is 307 g/mol. The molecular weight excluding hydrogens is 294 g/mol. The van der Waals surface area contributed by atoms with Crippen molar-refractivity contribution < 1.29 is 13.2 Å². The summed E-state index contributed by atoms with van der Waals surface area (Å²) >= 11 is 0. The third-order valence-electron chi connectivity index (χ3n) is 2.75. The molecule has 110 valence electrons. The molecule has 0 saturated heterocycles. The highest BCUT2D eigenvalue weighted by Gasteiger charge is 2.11. The van der Waals surface area contributed by atoms with E-state index >= 15 is 0 Å². The number of aromatic amines is 1. The highest BCUT2D eigenvalue weighted by atomic mass is 32.2. The Balaban J connectivity index is 2.12. The Morgan fingerprint density at radius 3 is 2.71 bits per heavy atom. The van der Waals surface area contributed by atoms with Gasteiger partial charge in [-0.05, 0) is 17.7 Å². The van der Waals surface area contributed by atoms with E-state index < -0.39 is 21.4 Å². The van der Waals surface area contributed by atoms with Gasteiger partial charge in [0.05, 0.1) is 4.90 Å². The minimum atomic E-state index is -3.79. The van der Waals surface area contributed by atoms with Crippen LogP contribution in [0.5, 0.6) is 0 Å². The number of aromatic nitrogens is 1. The molecule has 0 spiro atoms. The average Bonchev–Trinajstić information content (AvgIpc) is 2.45. The molecule has 4 N–H and O–H groups in total. The molecule has 0 radical (unpaired) electrons. The van der Waals surface area contributed by atoms with Gasteiger partial charge >= 0.3 is 0 Å². The molecule has 7 nitrogen and oxygen atoms in total. The van der Waals surface area contributed by atoms with Crippen LogP contribution in [0, 0.1) is 0 Å². The number of amides is 1. The lowest BCUT2D eigenvalue weighted by Crippen LogP contribution is -2.28. The largest absolute Gasteiger partial charge is 0.367 e. The van der Waals surface area contributed by atoms with E-state index in [-0.39, 0.29) is 17.0 Å². The van der Waals surface area contributed by atoms with Crippen LogP contribution in [0.15, 0.2) is 52.4 Å². The third-order valence-corrected chi connectivity index (χ3v) is 3.66. The molecule has 0 bridgehead atoms. The maximum Gasteiger partial charge on any atom is 0.257 e. The summed E-state index contributed by atoms with van der Waals surface area (Å²) in [5, 5.41) is 7.57. The van der Waals surface area contributed by atoms with E-state index in [2.05, 4.69) is 10.3 Å². The fourth-order valence-electron chi connectivity index (χ4n) is 1.70. The van der Waals surface area contributed by atoms with Crippen molar-refractivity contribution in [3.63, 3.8) is 0 Å². The number of hydrogen-bond donors (Lipinski definition) is 3. The van der Waals surface area contributed by atoms with Crippen molar-refractivity contribution in [2.75, 3.05) is 0 Å². The quantitative estimate of drug-likeness (QED) is 0.733. The third kappa shape index (κ3) is 3.77. The summed E-state index contributed by atoms with van der Waals surface area (Å²) in [4.78, 5) is 25.9. The molecule has 0 fully saturated rings. The number of rotatable bonds is 4. The Kier molecular flexibility index (Phi) is 4.20. The summed E-state index contributed by atoms with van der Waals surface area (Å²) in [5.74, 6) is -0.544. The van der Waals surface area contributed by atoms with E-state index in [1.54, 1.807) is 6.07 Å². The Morgan fingerprint density at radius 1 is 1.29 bits per heavy atom. The summed E-state index contributed by atoms with van der Waals surface area (Å²) in [5.41, 5.74) is 0.145. The van der Waals surface area contributed by atoms with Gasteiger partial charge in [-0.15, -0.1) is 0 Å². The SMILES string of the molecule is NS(=O)(=O)c1cccc(CNC(=O)c2c[nH]ccc2=O)c1. The number of nitrogens with two attached hydrogens (primary N) is 1. The van der Waals surface area contributed by atoms with Crippen LogP contribution in [0.1, 0.15) is 15.9 Å². The van der Waals surface area contributed by atoms with E-state index in [1.165, 1.54) is 36.7 Å². The molecule has 1 heterocycles. The molecule has 2 rings (SSSR count). The van der Waals surface area contributed by atoms with E-state index in [1.807, 2.05) is 0 Å². The van der Waals surface area contributed by atoms with E-state index in [4.69, 9.17) is 5.14 Å². The number of hydrogen-bond acceptors (Lipinski definition) is 4. The highest BCUT2D eigenvalue weighted by molar-refractivity contribution is 7.89. The van der Waals surface area contributed by atoms with Gasteiger partial charge in [-0.3, -0.25) is 9.59 Å². The van der Waals surface area contributed by atoms with Crippen molar-refractivity contribution in [2.24, 2.45) is 5.14 Å². The van der Waals surface area contributed by atoms with Crippen LogP contribution < -0.4 is 15.9 Å². The van der Waals surface area contributed by atoms with Crippen LogP contribution in [0.2, 0.25) is 0 Å². The van der Waals surface area contributed by atoms with Gasteiger partial charge < -0.3 is 10.3 Å². The summed E-state index contributed by atoms with van der Waals surface area (Å²) in [6.07, 6.45) is 2.73. The smallest absolute Gasteiger partial charge is 0.257 e. The van der Waals surface area contributed by atoms with Crippen molar-refractivity contribution in [1.82, 2.24) is 10.3 Å². The number of nitrogens with one attached hydrogen (secondary N) is 2. The Bertz CT molecular complexity index is 827. The second kappa shape index (κ2) is 5.90. The van der Waals surface area contributed by atoms with Crippen molar-refractivity contribution in [3.05, 3.63) is 64.1 Å². The standard InChI is InChI=1S/C13H13N3O4S/c14-21(19,20)10-3-1-2-9(6-10)7-16-13(18)11-8-15-5-4-12(11)17/h1-6,8H,7H2,(H,15,17)(H,16,18)(H2,14,19,20). The molecule has 0 aliphatic carbocycles. The molecular formula is C13H13N3O4S. The summed E-state index contributed by atoms with van der Waals surface area (Å²) in [7, 11) is -3.79. The predicted molar refractivity (Wildman–Crippen MR) is 76.0 cm³/mol. The van der Waals surface area contributed by atoms with Crippen molar-refractivity contribution >= 4 is 15.9 Å². The molecule has 0 aliphatic rings. The molecule has 0 aliphatic heterocycles. The van der Waals surface area contributed by atoms with Crippen LogP contribution in [-0.4, -0.2) is 19.3 Å². The first-order chi connectivity index (χ1) is 9.88. The zero-order valence-corrected chi connectivity index (χ0v) is 11.7. The second-order valence-corrected chi connectivity index (χ2v) is 5.86. The first kappa shape index (κ1) is 14.9. The summed E-state index contributed by atoms with van der Waals surface area (Å²) in [6, 6.07) is 7.14. The van der Waals surface area contributed by atoms with Crippen LogP contribution in [0.25, 0.3) is 0 Å². The van der Waals surface area contributed by atoms with E-state index in [9.17, 15) is 18.0 Å². The number of carbonyl (C=O) groups excluding carboxylic acids is 1. The lowest BCUT2D eigenvalue weighted by atomic mass is 10.2. The van der Waals surface area contributed by atoms with Gasteiger partial charge in [-0.2, -0.15) is 0 Å². The van der Waals surface area contributed by atoms with Crippen LogP contribution >= 0.6 is 0 Å². The fraction of sp³-hybridized carbons (Fsp3) is 0.0769. The molecule has 1 aromatic carbocycles. The number of sulfonamides is 1. The van der Waals surface area contributed by atoms with Crippen LogP contribution in [-0.2, 0) is 16.6 Å². The lowest BCUT2D eigenvalue weighted by molar-refractivity contribution is 0.0949. The molecule has 0 saturated carbocycles. The fourth-order valence-corrected chi connectivity index (χ4v) is 2.29. The highest BCUT2D eigenvalue weighted by Crippen LogP contribution is 2.09. The Morgan fingerprint density at radius 2 is 2.05 bits per heavy atom. The van der Waals surface area contributed by atoms with Crippen molar-refractivity contribution in [2.45, 2.75) is 11.4 Å². The van der Waals surface area contributed by atoms with Gasteiger partial charge in [-0.25, -0.2) is 13.6 Å². The summed E-state index contributed by atoms with van der Waals surface area (Å²) in [6.45, 7) is 0.0799. The first-order valence-electron chi connectivity index (χ1n) is 5.95. The minimum Gasteiger partial charge on any atom is -0.367 e. The number of H-pyrrole nitrogens is 1. The van der Waals surface area contributed by atoms with Crippen LogP contribution in [0.3, 0.4) is 0 Å². The van der Waals surface area contributed by atoms with Gasteiger partial charge in [0, 0.05) is 25.0 Å². The predicted octanol–water partition coefficient (Wildman–Crippen LogP) is -0.0477. The van der Waals surface area contributed by atoms with Gasteiger partial charge in [0.25, 0.3) is 5.91 Å². The topological polar surface area (TPSA) is 122 Å². The van der Waals surface area contributed by atoms with Gasteiger partial charge in [0.15, 0.2) is 5.43 Å². The van der Waals surface area contributed by atoms with Crippen molar-refractivity contribution in [1.29, 1.82) is 0 Å². The molecule has 0 atom stereocenters. The molecule has 2 aromatic rings. The molecule has 1 amide bonds. The normalized spacial score (nSPS) is 11.1. The maximum absolute atomic E-state index is 11.8. The number of primary sulfonamides is 1. The Hall–Kier alpha value is -2.45. The van der Waals surface area contributed by atoms with Crippen molar-refractivity contribution in [3.8, 4) is 0 Å². The van der Waals surface area contributed by atoms with Crippen LogP contribution in [0.4, 0.5) is 0 Å². The van der Waals surface area contributed by atoms with Gasteiger partial charge in [0.1, 0.15) is 5.56 Å². The molecule has 8 heteroatoms. The number of benzene rings is 1. The van der Waals surface area contributed by atoms with Gasteiger partial charge in [0.2, 0.25) is 10.0 Å². The minimum absolute atomic E-state index is 0.0138. The van der Waals surface area contributed by atoms with E-state index in [0.29, 0.717) is 5.56 Å². The average molecular weight is 307 g/mol. The second-order valence-electron chi connectivity index (χ2n) is 4.30. The van der Waals surface area contributed by atoms with Gasteiger partial charge in [-0.1, -0.05) is 12.1 Å². The van der Waals surface area contributed by atoms with E-state index in [0.717, 1.165) is 0 Å². The Labute approximate surface area is 120 Å². The zero-order chi connectivity index (χ0) is 15.5. The first-order valence-corrected chi connectivity index (χ1v) is 7.49. The number of carbonyl (C=O) groups is 1. The zero-order valence-electron chi connectivity index (χ0n) is 10.9. The lowest BCUT2D eigenvalue weighted by Gasteiger charge is -2.06. The molecule has 21 heavy (non-hydrogen) atoms. The molecule has 0 unspecified atom stereocenters. The maximum atomic E-state index is 11.8. The summed E-state index contributed by atoms with van der Waals surface area (Å²) < 4.78 is 22.5.